The highest BCUT2D eigenvalue weighted by Crippen LogP contribution is 2.29. The predicted octanol–water partition coefficient (Wildman–Crippen LogP) is 3.92. The molecule has 7 heteroatoms. The van der Waals surface area contributed by atoms with Crippen LogP contribution >= 0.6 is 0 Å². The number of benzene rings is 2. The van der Waals surface area contributed by atoms with Crippen molar-refractivity contribution in [3.8, 4) is 11.5 Å². The van der Waals surface area contributed by atoms with Crippen LogP contribution < -0.4 is 14.4 Å². The van der Waals surface area contributed by atoms with Crippen molar-refractivity contribution in [3.05, 3.63) is 53.1 Å². The Labute approximate surface area is 202 Å². The van der Waals surface area contributed by atoms with Gasteiger partial charge in [-0.15, -0.1) is 0 Å². The minimum atomic E-state index is -0.290. The molecule has 0 unspecified atom stereocenters. The van der Waals surface area contributed by atoms with Gasteiger partial charge in [0.1, 0.15) is 0 Å². The van der Waals surface area contributed by atoms with Crippen molar-refractivity contribution in [2.75, 3.05) is 44.3 Å². The fourth-order valence-electron chi connectivity index (χ4n) is 4.03. The number of rotatable bonds is 9. The summed E-state index contributed by atoms with van der Waals surface area (Å²) in [5, 5.41) is 0. The summed E-state index contributed by atoms with van der Waals surface area (Å²) in [5.74, 6) is 0.670. The van der Waals surface area contributed by atoms with E-state index >= 15 is 0 Å². The summed E-state index contributed by atoms with van der Waals surface area (Å²) in [7, 11) is 0. The molecule has 0 spiro atoms. The van der Waals surface area contributed by atoms with E-state index < -0.39 is 0 Å². The molecule has 7 nitrogen and oxygen atoms in total. The maximum absolute atomic E-state index is 12.8. The van der Waals surface area contributed by atoms with E-state index in [4.69, 9.17) is 14.2 Å². The lowest BCUT2D eigenvalue weighted by atomic mass is 10.1. The van der Waals surface area contributed by atoms with Gasteiger partial charge in [0, 0.05) is 31.9 Å². The van der Waals surface area contributed by atoms with Crippen LogP contribution in [0.2, 0.25) is 0 Å². The average molecular weight is 469 g/mol. The third-order valence-corrected chi connectivity index (χ3v) is 5.92. The molecule has 184 valence electrons. The van der Waals surface area contributed by atoms with Gasteiger partial charge in [-0.1, -0.05) is 18.2 Å². The predicted molar refractivity (Wildman–Crippen MR) is 133 cm³/mol. The van der Waals surface area contributed by atoms with Crippen LogP contribution in [0.1, 0.15) is 37.5 Å². The highest BCUT2D eigenvalue weighted by molar-refractivity contribution is 5.78. The lowest BCUT2D eigenvalue weighted by Gasteiger charge is -2.37. The number of aryl methyl sites for hydroxylation is 1. The minimum absolute atomic E-state index is 0.0485. The molecule has 0 N–H and O–H groups in total. The number of ether oxygens (including phenoxy) is 3. The van der Waals surface area contributed by atoms with E-state index in [1.165, 1.54) is 16.8 Å². The second kappa shape index (κ2) is 11.8. The molecule has 0 bridgehead atoms. The smallest absolute Gasteiger partial charge is 0.310 e. The van der Waals surface area contributed by atoms with E-state index in [1.54, 1.807) is 18.2 Å². The molecule has 2 aromatic carbocycles. The third-order valence-electron chi connectivity index (χ3n) is 5.92. The molecule has 0 atom stereocenters. The van der Waals surface area contributed by atoms with Crippen LogP contribution in [0, 0.1) is 13.8 Å². The quantitative estimate of drug-likeness (QED) is 0.520. The Bertz CT molecular complexity index is 997. The number of carbonyl (C=O) groups is 2. The van der Waals surface area contributed by atoms with Crippen LogP contribution in [0.15, 0.2) is 36.4 Å². The van der Waals surface area contributed by atoms with E-state index in [0.717, 1.165) is 18.7 Å². The van der Waals surface area contributed by atoms with Crippen molar-refractivity contribution in [3.63, 3.8) is 0 Å². The molecule has 0 aliphatic carbocycles. The zero-order valence-electron chi connectivity index (χ0n) is 20.9. The van der Waals surface area contributed by atoms with Crippen molar-refractivity contribution in [1.82, 2.24) is 4.90 Å². The van der Waals surface area contributed by atoms with E-state index in [1.807, 2.05) is 25.7 Å². The summed E-state index contributed by atoms with van der Waals surface area (Å²) < 4.78 is 16.7. The summed E-state index contributed by atoms with van der Waals surface area (Å²) in [6.45, 7) is 13.1. The first-order valence-corrected chi connectivity index (χ1v) is 12.0. The topological polar surface area (TPSA) is 68.3 Å². The van der Waals surface area contributed by atoms with Crippen LogP contribution in [0.3, 0.4) is 0 Å². The molecule has 3 rings (SSSR count). The fourth-order valence-corrected chi connectivity index (χ4v) is 4.03. The first-order chi connectivity index (χ1) is 16.3. The van der Waals surface area contributed by atoms with Crippen molar-refractivity contribution >= 4 is 17.6 Å². The third kappa shape index (κ3) is 6.65. The second-order valence-corrected chi connectivity index (χ2v) is 8.81. The molecule has 1 saturated heterocycles. The van der Waals surface area contributed by atoms with Gasteiger partial charge in [0.25, 0.3) is 5.91 Å². The maximum atomic E-state index is 12.8. The van der Waals surface area contributed by atoms with E-state index in [-0.39, 0.29) is 31.0 Å². The van der Waals surface area contributed by atoms with Gasteiger partial charge in [0.2, 0.25) is 0 Å². The number of carbonyl (C=O) groups excluding carboxylic acids is 2. The molecule has 2 aromatic rings. The zero-order valence-corrected chi connectivity index (χ0v) is 20.9. The molecule has 0 radical (unpaired) electrons. The molecule has 0 saturated carbocycles. The summed E-state index contributed by atoms with van der Waals surface area (Å²) in [6, 6.07) is 11.7. The maximum Gasteiger partial charge on any atom is 0.310 e. The number of amides is 1. The van der Waals surface area contributed by atoms with Gasteiger partial charge in [0.05, 0.1) is 19.1 Å². The fraction of sp³-hybridized carbons (Fsp3) is 0.481. The van der Waals surface area contributed by atoms with Crippen molar-refractivity contribution in [2.24, 2.45) is 0 Å². The molecule has 1 amide bonds. The Morgan fingerprint density at radius 3 is 2.38 bits per heavy atom. The lowest BCUT2D eigenvalue weighted by molar-refractivity contribution is -0.146. The first-order valence-electron chi connectivity index (χ1n) is 12.0. The number of nitrogens with zero attached hydrogens (tertiary/aromatic N) is 2. The highest BCUT2D eigenvalue weighted by Gasteiger charge is 2.23. The van der Waals surface area contributed by atoms with Gasteiger partial charge in [-0.25, -0.2) is 0 Å². The molecule has 1 aliphatic heterocycles. The molecule has 1 heterocycles. The number of hydrogen-bond acceptors (Lipinski definition) is 6. The van der Waals surface area contributed by atoms with Crippen LogP contribution in [-0.2, 0) is 20.7 Å². The highest BCUT2D eigenvalue weighted by atomic mass is 16.5. The Hall–Kier alpha value is -3.22. The Morgan fingerprint density at radius 2 is 1.71 bits per heavy atom. The lowest BCUT2D eigenvalue weighted by Crippen LogP contribution is -2.50. The SMILES string of the molecule is CCOc1cc(CC(=O)OC(C)C)ccc1OCC(=O)N1CCN(c2cccc(C)c2C)CC1. The number of anilines is 1. The Morgan fingerprint density at radius 1 is 0.971 bits per heavy atom. The number of esters is 1. The summed E-state index contributed by atoms with van der Waals surface area (Å²) in [5.41, 5.74) is 4.57. The van der Waals surface area contributed by atoms with E-state index in [9.17, 15) is 9.59 Å². The van der Waals surface area contributed by atoms with Crippen LogP contribution in [0.25, 0.3) is 0 Å². The average Bonchev–Trinajstić information content (AvgIpc) is 2.80. The summed E-state index contributed by atoms with van der Waals surface area (Å²) >= 11 is 0. The van der Waals surface area contributed by atoms with Crippen molar-refractivity contribution in [2.45, 2.75) is 47.1 Å². The number of hydrogen-bond donors (Lipinski definition) is 0. The van der Waals surface area contributed by atoms with Gasteiger partial charge in [0.15, 0.2) is 18.1 Å². The van der Waals surface area contributed by atoms with Gasteiger partial charge in [-0.05, 0) is 69.5 Å². The summed E-state index contributed by atoms with van der Waals surface area (Å²) in [6.07, 6.45) is -0.00232. The van der Waals surface area contributed by atoms with E-state index in [2.05, 4.69) is 36.9 Å². The molecule has 1 fully saturated rings. The molecular weight excluding hydrogens is 432 g/mol. The molecule has 1 aliphatic rings. The Balaban J connectivity index is 1.56. The second-order valence-electron chi connectivity index (χ2n) is 8.81. The molecule has 34 heavy (non-hydrogen) atoms. The molecular formula is C27H36N2O5. The normalized spacial score (nSPS) is 13.7. The number of piperazine rings is 1. The first kappa shape index (κ1) is 25.4. The van der Waals surface area contributed by atoms with Crippen molar-refractivity contribution < 1.29 is 23.8 Å². The van der Waals surface area contributed by atoms with Crippen LogP contribution in [0.5, 0.6) is 11.5 Å². The zero-order chi connectivity index (χ0) is 24.7. The monoisotopic (exact) mass is 468 g/mol. The van der Waals surface area contributed by atoms with Gasteiger partial charge < -0.3 is 24.0 Å². The molecule has 0 aromatic heterocycles. The van der Waals surface area contributed by atoms with E-state index in [0.29, 0.717) is 31.2 Å². The minimum Gasteiger partial charge on any atom is -0.490 e. The Kier molecular flexibility index (Phi) is 8.79. The van der Waals surface area contributed by atoms with Crippen molar-refractivity contribution in [1.29, 1.82) is 0 Å². The summed E-state index contributed by atoms with van der Waals surface area (Å²) in [4.78, 5) is 29.0. The van der Waals surface area contributed by atoms with Gasteiger partial charge in [-0.2, -0.15) is 0 Å². The van der Waals surface area contributed by atoms with Crippen LogP contribution in [0.4, 0.5) is 5.69 Å². The largest absolute Gasteiger partial charge is 0.490 e. The standard InChI is InChI=1S/C27H36N2O5/c1-6-32-25-16-22(17-27(31)34-19(2)3)10-11-24(25)33-18-26(30)29-14-12-28(13-15-29)23-9-7-8-20(4)21(23)5/h7-11,16,19H,6,12-15,17-18H2,1-5H3. The van der Waals surface area contributed by atoms with Gasteiger partial charge in [-0.3, -0.25) is 9.59 Å². The van der Waals surface area contributed by atoms with Gasteiger partial charge >= 0.3 is 5.97 Å². The van der Waals surface area contributed by atoms with Crippen LogP contribution in [-0.4, -0.2) is 62.3 Å².